The van der Waals surface area contributed by atoms with E-state index in [9.17, 15) is 30.0 Å². The Morgan fingerprint density at radius 2 is 1.58 bits per heavy atom. The molecule has 0 radical (unpaired) electrons. The van der Waals surface area contributed by atoms with E-state index in [1.807, 2.05) is 0 Å². The van der Waals surface area contributed by atoms with Gasteiger partial charge >= 0.3 is 5.51 Å². The molecule has 0 bridgehead atoms. The Bertz CT molecular complexity index is 1010. The molecular weight excluding hydrogens is 371 g/mol. The van der Waals surface area contributed by atoms with E-state index in [0.29, 0.717) is 17.6 Å². The van der Waals surface area contributed by atoms with Crippen LogP contribution in [-0.4, -0.2) is 29.0 Å². The molecule has 24 heavy (non-hydrogen) atoms. The van der Waals surface area contributed by atoms with E-state index in [-0.39, 0.29) is 11.5 Å². The van der Waals surface area contributed by atoms with Crippen LogP contribution in [0, 0.1) is 0 Å². The fourth-order valence-electron chi connectivity index (χ4n) is 2.24. The van der Waals surface area contributed by atoms with E-state index >= 15 is 0 Å². The Labute approximate surface area is 135 Å². The van der Waals surface area contributed by atoms with Gasteiger partial charge in [0.1, 0.15) is 16.1 Å². The lowest BCUT2D eigenvalue weighted by Gasteiger charge is -2.23. The zero-order chi connectivity index (χ0) is 17.8. The number of hydrogen-bond acceptors (Lipinski definition) is 5. The molecule has 2 aromatic carbocycles. The van der Waals surface area contributed by atoms with Crippen molar-refractivity contribution in [2.45, 2.75) is 16.5 Å². The quantitative estimate of drug-likeness (QED) is 0.760. The number of epoxide rings is 1. The Hall–Kier alpha value is -1.69. The maximum Gasteiger partial charge on any atom is 0.480 e. The number of alkyl halides is 3. The minimum absolute atomic E-state index is 0.0756. The molecule has 130 valence electrons. The van der Waals surface area contributed by atoms with E-state index in [0.717, 1.165) is 6.07 Å². The van der Waals surface area contributed by atoms with Crippen LogP contribution in [0.1, 0.15) is 11.7 Å². The summed E-state index contributed by atoms with van der Waals surface area (Å²) in [6, 6.07) is 8.45. The van der Waals surface area contributed by atoms with Gasteiger partial charge in [0.2, 0.25) is 0 Å². The highest BCUT2D eigenvalue weighted by Crippen LogP contribution is 2.39. The average Bonchev–Trinajstić information content (AvgIpc) is 3.28. The molecule has 1 saturated heterocycles. The summed E-state index contributed by atoms with van der Waals surface area (Å²) in [4.78, 5) is -0.615. The second-order valence-electron chi connectivity index (χ2n) is 4.99. The molecule has 1 unspecified atom stereocenters. The molecule has 0 aromatic heterocycles. The standard InChI is InChI=1S/C13H9F3NO5S2/c14-13(15,16)24(20,21)17-23(18,19)12-6-5-9(11-7-22-11)8-3-1-2-4-10(8)12/h1-6,11H,7H2/q-1. The molecule has 6 nitrogen and oxygen atoms in total. The van der Waals surface area contributed by atoms with Crippen molar-refractivity contribution in [3.8, 4) is 0 Å². The molecule has 0 amide bonds. The second kappa shape index (κ2) is 5.41. The summed E-state index contributed by atoms with van der Waals surface area (Å²) in [5.41, 5.74) is -5.12. The van der Waals surface area contributed by atoms with Crippen molar-refractivity contribution in [2.75, 3.05) is 6.61 Å². The summed E-state index contributed by atoms with van der Waals surface area (Å²) in [5.74, 6) is 0. The van der Waals surface area contributed by atoms with Gasteiger partial charge in [-0.25, -0.2) is 16.8 Å². The van der Waals surface area contributed by atoms with E-state index in [1.165, 1.54) is 18.2 Å². The minimum Gasteiger partial charge on any atom is -0.424 e. The summed E-state index contributed by atoms with van der Waals surface area (Å²) >= 11 is 0. The van der Waals surface area contributed by atoms with Crippen molar-refractivity contribution >= 4 is 30.8 Å². The Morgan fingerprint density at radius 3 is 2.12 bits per heavy atom. The smallest absolute Gasteiger partial charge is 0.424 e. The van der Waals surface area contributed by atoms with Crippen LogP contribution in [0.3, 0.4) is 0 Å². The number of benzene rings is 2. The fraction of sp³-hybridized carbons (Fsp3) is 0.231. The van der Waals surface area contributed by atoms with Crippen LogP contribution in [0.25, 0.3) is 14.9 Å². The van der Waals surface area contributed by atoms with Gasteiger partial charge in [-0.3, -0.25) is 0 Å². The molecule has 1 aliphatic heterocycles. The SMILES string of the molecule is O=S(=O)([N-]S(=O)(=O)C(F)(F)F)c1ccc(C2CO2)c2ccccc12. The molecule has 2 aromatic rings. The number of rotatable bonds is 4. The molecule has 0 aliphatic carbocycles. The van der Waals surface area contributed by atoms with Crippen molar-refractivity contribution in [3.05, 3.63) is 46.1 Å². The first kappa shape index (κ1) is 17.1. The van der Waals surface area contributed by atoms with Gasteiger partial charge in [0.05, 0.1) is 11.5 Å². The van der Waals surface area contributed by atoms with Gasteiger partial charge in [-0.15, -0.1) is 0 Å². The molecule has 1 aliphatic rings. The van der Waals surface area contributed by atoms with Crippen LogP contribution in [0.4, 0.5) is 13.2 Å². The van der Waals surface area contributed by atoms with Crippen molar-refractivity contribution in [1.82, 2.24) is 0 Å². The summed E-state index contributed by atoms with van der Waals surface area (Å²) in [7, 11) is -11.2. The molecule has 1 atom stereocenters. The first-order valence-electron chi connectivity index (χ1n) is 6.47. The minimum atomic E-state index is -6.17. The van der Waals surface area contributed by atoms with E-state index < -0.39 is 30.5 Å². The number of halogens is 3. The zero-order valence-electron chi connectivity index (χ0n) is 11.7. The molecule has 3 rings (SSSR count). The third-order valence-corrected chi connectivity index (χ3v) is 6.43. The maximum absolute atomic E-state index is 12.4. The number of nitrogens with zero attached hydrogens (tertiary/aromatic N) is 1. The van der Waals surface area contributed by atoms with Crippen molar-refractivity contribution in [3.63, 3.8) is 0 Å². The van der Waals surface area contributed by atoms with Gasteiger partial charge in [-0.1, -0.05) is 30.3 Å². The molecular formula is C13H9F3NO5S2-. The normalized spacial score (nSPS) is 18.7. The molecule has 1 fully saturated rings. The first-order chi connectivity index (χ1) is 11.0. The van der Waals surface area contributed by atoms with Gasteiger partial charge in [0.15, 0.2) is 10.0 Å². The second-order valence-corrected chi connectivity index (χ2v) is 8.39. The van der Waals surface area contributed by atoms with Gasteiger partial charge < -0.3 is 8.86 Å². The summed E-state index contributed by atoms with van der Waals surface area (Å²) in [6.45, 7) is 0.447. The van der Waals surface area contributed by atoms with Crippen LogP contribution in [0.15, 0.2) is 41.3 Å². The van der Waals surface area contributed by atoms with Gasteiger partial charge in [0, 0.05) is 0 Å². The predicted octanol–water partition coefficient (Wildman–Crippen LogP) is 2.82. The van der Waals surface area contributed by atoms with Gasteiger partial charge in [-0.2, -0.15) is 13.2 Å². The van der Waals surface area contributed by atoms with Crippen LogP contribution < -0.4 is 0 Å². The lowest BCUT2D eigenvalue weighted by molar-refractivity contribution is -0.0425. The molecule has 11 heteroatoms. The van der Waals surface area contributed by atoms with Gasteiger partial charge in [-0.05, 0) is 22.4 Å². The van der Waals surface area contributed by atoms with E-state index in [1.54, 1.807) is 12.1 Å². The lowest BCUT2D eigenvalue weighted by atomic mass is 10.0. The maximum atomic E-state index is 12.4. The van der Waals surface area contributed by atoms with Crippen LogP contribution in [0.5, 0.6) is 0 Å². The lowest BCUT2D eigenvalue weighted by Crippen LogP contribution is -2.24. The highest BCUT2D eigenvalue weighted by atomic mass is 32.3. The zero-order valence-corrected chi connectivity index (χ0v) is 13.3. The summed E-state index contributed by atoms with van der Waals surface area (Å²) < 4.78 is 90.9. The van der Waals surface area contributed by atoms with Crippen LogP contribution in [-0.2, 0) is 24.8 Å². The van der Waals surface area contributed by atoms with Crippen LogP contribution >= 0.6 is 0 Å². The largest absolute Gasteiger partial charge is 0.480 e. The highest BCUT2D eigenvalue weighted by molar-refractivity contribution is 8.12. The van der Waals surface area contributed by atoms with Crippen molar-refractivity contribution in [2.24, 2.45) is 0 Å². The molecule has 0 spiro atoms. The number of sulfonamides is 2. The topological polar surface area (TPSA) is 94.9 Å². The fourth-order valence-corrected chi connectivity index (χ4v) is 4.63. The third kappa shape index (κ3) is 2.99. The van der Waals surface area contributed by atoms with Gasteiger partial charge in [0.25, 0.3) is 0 Å². The predicted molar refractivity (Wildman–Crippen MR) is 78.2 cm³/mol. The van der Waals surface area contributed by atoms with E-state index in [4.69, 9.17) is 4.74 Å². The van der Waals surface area contributed by atoms with Crippen molar-refractivity contribution < 1.29 is 34.7 Å². The number of ether oxygens (including phenoxy) is 1. The highest BCUT2D eigenvalue weighted by Gasteiger charge is 2.41. The van der Waals surface area contributed by atoms with E-state index in [2.05, 4.69) is 4.13 Å². The van der Waals surface area contributed by atoms with Crippen LogP contribution in [0.2, 0.25) is 0 Å². The number of hydrogen-bond donors (Lipinski definition) is 0. The average molecular weight is 380 g/mol. The molecule has 0 saturated carbocycles. The number of fused-ring (bicyclic) bond motifs is 1. The van der Waals surface area contributed by atoms with Crippen molar-refractivity contribution in [1.29, 1.82) is 0 Å². The Morgan fingerprint density at radius 1 is 1.00 bits per heavy atom. The summed E-state index contributed by atoms with van der Waals surface area (Å²) in [6.07, 6.45) is -0.220. The Balaban J connectivity index is 2.14. The molecule has 1 heterocycles. The third-order valence-electron chi connectivity index (χ3n) is 3.36. The molecule has 0 N–H and O–H groups in total. The Kier molecular flexibility index (Phi) is 3.86. The first-order valence-corrected chi connectivity index (χ1v) is 9.35. The monoisotopic (exact) mass is 380 g/mol. The summed E-state index contributed by atoms with van der Waals surface area (Å²) in [5, 5.41) is 0.521.